The predicted molar refractivity (Wildman–Crippen MR) is 285 cm³/mol. The number of benzene rings is 9. The molecule has 2 aliphatic rings. The first-order valence-electron chi connectivity index (χ1n) is 23.9. The van der Waals surface area contributed by atoms with Gasteiger partial charge >= 0.3 is 0 Å². The van der Waals surface area contributed by atoms with Gasteiger partial charge in [-0.2, -0.15) is 0 Å². The summed E-state index contributed by atoms with van der Waals surface area (Å²) in [4.78, 5) is 17.6. The van der Waals surface area contributed by atoms with Crippen LogP contribution < -0.4 is 4.90 Å². The van der Waals surface area contributed by atoms with Crippen molar-refractivity contribution in [1.82, 2.24) is 15.0 Å². The van der Waals surface area contributed by atoms with E-state index in [1.54, 1.807) is 0 Å². The van der Waals surface area contributed by atoms with E-state index in [2.05, 4.69) is 187 Å². The maximum absolute atomic E-state index is 6.82. The van der Waals surface area contributed by atoms with Gasteiger partial charge in [-0.25, -0.2) is 15.0 Å². The van der Waals surface area contributed by atoms with Crippen LogP contribution in [0.3, 0.4) is 0 Å². The summed E-state index contributed by atoms with van der Waals surface area (Å²) >= 11 is 0. The van der Waals surface area contributed by atoms with Crippen LogP contribution in [0.25, 0.3) is 118 Å². The number of hydrogen-bond acceptors (Lipinski definition) is 6. The van der Waals surface area contributed by atoms with Crippen LogP contribution >= 0.6 is 0 Å². The van der Waals surface area contributed by atoms with Gasteiger partial charge < -0.3 is 13.7 Å². The molecule has 1 aliphatic heterocycles. The van der Waals surface area contributed by atoms with Crippen molar-refractivity contribution in [3.63, 3.8) is 0 Å². The van der Waals surface area contributed by atoms with Crippen molar-refractivity contribution in [2.24, 2.45) is 0 Å². The zero-order valence-electron chi connectivity index (χ0n) is 38.0. The topological polar surface area (TPSA) is 68.2 Å². The van der Waals surface area contributed by atoms with Crippen molar-refractivity contribution in [2.75, 3.05) is 4.90 Å². The van der Waals surface area contributed by atoms with Gasteiger partial charge in [0.2, 0.25) is 0 Å². The third kappa shape index (κ3) is 6.83. The lowest BCUT2D eigenvalue weighted by atomic mass is 9.89. The van der Waals surface area contributed by atoms with Crippen LogP contribution in [0.4, 0.5) is 11.4 Å². The average Bonchev–Trinajstić information content (AvgIpc) is 4.01. The molecule has 12 aromatic rings. The molecular weight excluding hydrogens is 857 g/mol. The Kier molecular flexibility index (Phi) is 9.30. The summed E-state index contributed by atoms with van der Waals surface area (Å²) in [7, 11) is 0. The molecule has 1 aliphatic carbocycles. The molecule has 0 radical (unpaired) electrons. The number of nitrogens with zero attached hydrogens (tertiary/aromatic N) is 4. The number of fused-ring (bicyclic) bond motifs is 9. The Bertz CT molecular complexity index is 4020. The van der Waals surface area contributed by atoms with E-state index in [0.717, 1.165) is 103 Å². The van der Waals surface area contributed by atoms with Gasteiger partial charge in [0.25, 0.3) is 0 Å². The zero-order valence-corrected chi connectivity index (χ0v) is 38.0. The van der Waals surface area contributed by atoms with E-state index in [9.17, 15) is 0 Å². The van der Waals surface area contributed by atoms with Crippen LogP contribution in [0.15, 0.2) is 221 Å². The van der Waals surface area contributed by atoms with E-state index in [-0.39, 0.29) is 0 Å². The Labute approximate surface area is 404 Å². The molecule has 14 rings (SSSR count). The molecule has 4 heterocycles. The molecule has 0 unspecified atom stereocenters. The van der Waals surface area contributed by atoms with Gasteiger partial charge in [-0.3, -0.25) is 0 Å². The normalized spacial score (nSPS) is 12.9. The molecule has 0 fully saturated rings. The first-order valence-corrected chi connectivity index (χ1v) is 23.9. The van der Waals surface area contributed by atoms with Gasteiger partial charge in [-0.05, 0) is 106 Å². The predicted octanol–water partition coefficient (Wildman–Crippen LogP) is 16.8. The molecule has 0 saturated heterocycles. The van der Waals surface area contributed by atoms with E-state index in [1.165, 1.54) is 39.1 Å². The fourth-order valence-electron chi connectivity index (χ4n) is 10.5. The van der Waals surface area contributed by atoms with Crippen molar-refractivity contribution in [1.29, 1.82) is 0 Å². The number of rotatable bonds is 7. The van der Waals surface area contributed by atoms with Gasteiger partial charge in [0, 0.05) is 67.5 Å². The van der Waals surface area contributed by atoms with Crippen LogP contribution in [0, 0.1) is 0 Å². The summed E-state index contributed by atoms with van der Waals surface area (Å²) in [6, 6.07) is 72.8. The Hall–Kier alpha value is -9.13. The molecule has 0 bridgehead atoms. The highest BCUT2D eigenvalue weighted by Crippen LogP contribution is 2.48. The molecule has 0 amide bonds. The maximum atomic E-state index is 6.82. The van der Waals surface area contributed by atoms with E-state index < -0.39 is 0 Å². The van der Waals surface area contributed by atoms with Crippen LogP contribution in [0.2, 0.25) is 0 Å². The summed E-state index contributed by atoms with van der Waals surface area (Å²) in [6.45, 7) is 0.753. The fraction of sp³-hybridized carbons (Fsp3) is 0.0469. The van der Waals surface area contributed by atoms with Gasteiger partial charge in [-0.15, -0.1) is 0 Å². The number of furan rings is 2. The van der Waals surface area contributed by atoms with Crippen molar-refractivity contribution in [3.05, 3.63) is 229 Å². The monoisotopic (exact) mass is 898 g/mol. The van der Waals surface area contributed by atoms with E-state index >= 15 is 0 Å². The standard InChI is InChI=1S/C64H42N4O2/c1-4-14-40(15-5-1)42-24-26-44(27-25-42)63-65-62(43-18-8-3-9-19-43)66-64(67-63)47-28-31-52-55-35-46(30-33-59(55)69-60(52)36-47)53-37-49(38-56-51-22-12-13-23-58(51)70-61(53)56)68-39-48-20-10-11-21-50(48)54-34-45(29-32-57(54)68)41-16-6-2-7-17-41/h1-11,13-21,23-38H,12,22,39H2. The number of hydrogen-bond donors (Lipinski definition) is 0. The number of aryl methyl sites for hydroxylation is 1. The third-order valence-electron chi connectivity index (χ3n) is 14.0. The van der Waals surface area contributed by atoms with E-state index in [1.807, 2.05) is 36.4 Å². The third-order valence-corrected chi connectivity index (χ3v) is 14.0. The van der Waals surface area contributed by atoms with Crippen molar-refractivity contribution in [3.8, 4) is 78.7 Å². The highest BCUT2D eigenvalue weighted by Gasteiger charge is 2.27. The molecule has 70 heavy (non-hydrogen) atoms. The number of allylic oxidation sites excluding steroid dienone is 1. The summed E-state index contributed by atoms with van der Waals surface area (Å²) in [5.41, 5.74) is 19.4. The molecule has 3 aromatic heterocycles. The first kappa shape index (κ1) is 40.0. The molecule has 0 spiro atoms. The molecule has 0 atom stereocenters. The second-order valence-electron chi connectivity index (χ2n) is 18.2. The second-order valence-corrected chi connectivity index (χ2v) is 18.2. The largest absolute Gasteiger partial charge is 0.456 e. The SMILES string of the molecule is C1=Cc2oc3c(-c4ccc5oc6cc(-c7nc(-c8ccccc8)nc(-c8ccc(-c9ccccc9)cc8)n7)ccc6c5c4)cc(N4Cc5ccccc5-c5cc(-c6ccccc6)ccc54)cc3c2CC1. The first-order chi connectivity index (χ1) is 34.6. The lowest BCUT2D eigenvalue weighted by molar-refractivity contribution is 0.596. The Morgan fingerprint density at radius 3 is 1.79 bits per heavy atom. The smallest absolute Gasteiger partial charge is 0.164 e. The van der Waals surface area contributed by atoms with E-state index in [4.69, 9.17) is 23.8 Å². The minimum Gasteiger partial charge on any atom is -0.456 e. The fourth-order valence-corrected chi connectivity index (χ4v) is 10.5. The molecule has 0 N–H and O–H groups in total. The van der Waals surface area contributed by atoms with Gasteiger partial charge in [0.05, 0.1) is 0 Å². The Morgan fingerprint density at radius 1 is 0.400 bits per heavy atom. The van der Waals surface area contributed by atoms with Crippen LogP contribution in [-0.4, -0.2) is 15.0 Å². The quantitative estimate of drug-likeness (QED) is 0.159. The second kappa shape index (κ2) is 16.3. The molecule has 330 valence electrons. The van der Waals surface area contributed by atoms with Crippen molar-refractivity contribution < 1.29 is 8.83 Å². The highest BCUT2D eigenvalue weighted by atomic mass is 16.3. The molecule has 6 heteroatoms. The highest BCUT2D eigenvalue weighted by molar-refractivity contribution is 6.09. The van der Waals surface area contributed by atoms with Crippen LogP contribution in [-0.2, 0) is 13.0 Å². The Morgan fingerprint density at radius 2 is 1.01 bits per heavy atom. The lowest BCUT2D eigenvalue weighted by Crippen LogP contribution is -2.21. The number of aromatic nitrogens is 3. The average molecular weight is 899 g/mol. The Balaban J connectivity index is 0.877. The van der Waals surface area contributed by atoms with Crippen molar-refractivity contribution in [2.45, 2.75) is 19.4 Å². The molecule has 9 aromatic carbocycles. The van der Waals surface area contributed by atoms with Crippen LogP contribution in [0.5, 0.6) is 0 Å². The minimum atomic E-state index is 0.576. The number of anilines is 2. The van der Waals surface area contributed by atoms with Crippen molar-refractivity contribution >= 4 is 50.4 Å². The van der Waals surface area contributed by atoms with Gasteiger partial charge in [0.1, 0.15) is 22.5 Å². The molecule has 0 saturated carbocycles. The van der Waals surface area contributed by atoms with Crippen LogP contribution in [0.1, 0.15) is 23.3 Å². The summed E-state index contributed by atoms with van der Waals surface area (Å²) < 4.78 is 13.5. The minimum absolute atomic E-state index is 0.576. The summed E-state index contributed by atoms with van der Waals surface area (Å²) in [5, 5.41) is 3.20. The van der Waals surface area contributed by atoms with E-state index in [0.29, 0.717) is 17.5 Å². The zero-order chi connectivity index (χ0) is 46.1. The van der Waals surface area contributed by atoms with Gasteiger partial charge in [-0.1, -0.05) is 164 Å². The molecule has 6 nitrogen and oxygen atoms in total. The summed E-state index contributed by atoms with van der Waals surface area (Å²) in [6.07, 6.45) is 6.28. The van der Waals surface area contributed by atoms with Gasteiger partial charge in [0.15, 0.2) is 17.5 Å². The maximum Gasteiger partial charge on any atom is 0.164 e. The molecular formula is C64H42N4O2. The summed E-state index contributed by atoms with van der Waals surface area (Å²) in [5.74, 6) is 2.74. The lowest BCUT2D eigenvalue weighted by Gasteiger charge is -2.34.